The number of rotatable bonds is 3. The zero-order valence-corrected chi connectivity index (χ0v) is 13.7. The topological polar surface area (TPSA) is 42.0 Å². The molecular weight excluding hydrogens is 337 g/mol. The predicted molar refractivity (Wildman–Crippen MR) is 87.3 cm³/mol. The van der Waals surface area contributed by atoms with Gasteiger partial charge in [-0.1, -0.05) is 6.07 Å². The molecule has 0 fully saturated rings. The lowest BCUT2D eigenvalue weighted by atomic mass is 10.3. The van der Waals surface area contributed by atoms with Gasteiger partial charge >= 0.3 is 6.18 Å². The number of alkyl halides is 3. The highest BCUT2D eigenvalue weighted by molar-refractivity contribution is 7.98. The van der Waals surface area contributed by atoms with Crippen LogP contribution in [-0.4, -0.2) is 15.6 Å². The fraction of sp³-hybridized carbons (Fsp3) is 0.188. The van der Waals surface area contributed by atoms with E-state index in [1.54, 1.807) is 24.8 Å². The normalized spacial score (nSPS) is 12.4. The first kappa shape index (κ1) is 16.5. The summed E-state index contributed by atoms with van der Waals surface area (Å²) in [5, 5.41) is 8.24. The van der Waals surface area contributed by atoms with Crippen LogP contribution in [0.15, 0.2) is 57.7 Å². The van der Waals surface area contributed by atoms with Gasteiger partial charge < -0.3 is 0 Å². The van der Waals surface area contributed by atoms with Gasteiger partial charge in [-0.05, 0) is 43.5 Å². The van der Waals surface area contributed by atoms with Crippen molar-refractivity contribution in [1.82, 2.24) is 9.38 Å². The highest BCUT2D eigenvalue weighted by atomic mass is 32.2. The lowest BCUT2D eigenvalue weighted by molar-refractivity contribution is -0.137. The van der Waals surface area contributed by atoms with Crippen molar-refractivity contribution in [2.75, 3.05) is 6.26 Å². The van der Waals surface area contributed by atoms with Crippen molar-refractivity contribution in [1.29, 1.82) is 0 Å². The number of hydrogen-bond acceptors (Lipinski definition) is 4. The molecule has 0 saturated carbocycles. The third-order valence-corrected chi connectivity index (χ3v) is 4.13. The molecule has 124 valence electrons. The molecule has 0 N–H and O–H groups in total. The number of aromatic nitrogens is 2. The smallest absolute Gasteiger partial charge is 0.282 e. The molecule has 0 radical (unpaired) electrons. The lowest BCUT2D eigenvalue weighted by Gasteiger charge is -2.06. The van der Waals surface area contributed by atoms with Crippen molar-refractivity contribution in [3.05, 3.63) is 53.9 Å². The van der Waals surface area contributed by atoms with E-state index in [0.717, 1.165) is 17.2 Å². The Morgan fingerprint density at radius 2 is 1.92 bits per heavy atom. The highest BCUT2D eigenvalue weighted by Gasteiger charge is 2.31. The Balaban J connectivity index is 2.04. The Morgan fingerprint density at radius 3 is 2.62 bits per heavy atom. The van der Waals surface area contributed by atoms with Gasteiger partial charge in [-0.15, -0.1) is 22.0 Å². The van der Waals surface area contributed by atoms with Crippen molar-refractivity contribution in [2.24, 2.45) is 10.2 Å². The Kier molecular flexibility index (Phi) is 4.31. The molecule has 0 spiro atoms. The average molecular weight is 350 g/mol. The number of imidazole rings is 1. The van der Waals surface area contributed by atoms with Crippen LogP contribution in [0.3, 0.4) is 0 Å². The minimum Gasteiger partial charge on any atom is -0.282 e. The first-order valence-electron chi connectivity index (χ1n) is 7.00. The molecule has 0 bridgehead atoms. The molecule has 0 aliphatic carbocycles. The second-order valence-corrected chi connectivity index (χ2v) is 5.95. The Bertz CT molecular complexity index is 915. The van der Waals surface area contributed by atoms with Gasteiger partial charge in [-0.25, -0.2) is 4.98 Å². The maximum Gasteiger partial charge on any atom is 0.417 e. The summed E-state index contributed by atoms with van der Waals surface area (Å²) < 4.78 is 40.0. The summed E-state index contributed by atoms with van der Waals surface area (Å²) in [6.07, 6.45) is -1.49. The summed E-state index contributed by atoms with van der Waals surface area (Å²) in [6.45, 7) is 1.69. The van der Waals surface area contributed by atoms with Crippen LogP contribution < -0.4 is 0 Å². The number of fused-ring (bicyclic) bond motifs is 1. The van der Waals surface area contributed by atoms with E-state index in [1.165, 1.54) is 10.5 Å². The van der Waals surface area contributed by atoms with Gasteiger partial charge in [0.1, 0.15) is 5.65 Å². The monoisotopic (exact) mass is 350 g/mol. The molecule has 0 atom stereocenters. The average Bonchev–Trinajstić information content (AvgIpc) is 2.86. The summed E-state index contributed by atoms with van der Waals surface area (Å²) in [7, 11) is 0. The van der Waals surface area contributed by atoms with Crippen LogP contribution in [-0.2, 0) is 6.18 Å². The Hall–Kier alpha value is -2.35. The molecule has 0 aliphatic rings. The van der Waals surface area contributed by atoms with E-state index in [1.807, 2.05) is 24.5 Å². The van der Waals surface area contributed by atoms with E-state index in [2.05, 4.69) is 15.2 Å². The molecule has 24 heavy (non-hydrogen) atoms. The number of halogens is 3. The van der Waals surface area contributed by atoms with Crippen molar-refractivity contribution in [3.63, 3.8) is 0 Å². The van der Waals surface area contributed by atoms with Crippen LogP contribution in [0.25, 0.3) is 5.65 Å². The highest BCUT2D eigenvalue weighted by Crippen LogP contribution is 2.32. The fourth-order valence-electron chi connectivity index (χ4n) is 2.22. The number of benzene rings is 1. The molecule has 3 aromatic rings. The van der Waals surface area contributed by atoms with E-state index >= 15 is 0 Å². The van der Waals surface area contributed by atoms with Gasteiger partial charge in [0.05, 0.1) is 16.9 Å². The number of azo groups is 1. The van der Waals surface area contributed by atoms with Crippen molar-refractivity contribution >= 4 is 28.9 Å². The molecule has 4 nitrogen and oxygen atoms in total. The van der Waals surface area contributed by atoms with Crippen LogP contribution in [0.5, 0.6) is 0 Å². The van der Waals surface area contributed by atoms with Crippen molar-refractivity contribution in [3.8, 4) is 0 Å². The molecular formula is C16H13F3N4S. The third kappa shape index (κ3) is 3.28. The minimum absolute atomic E-state index is 0.283. The largest absolute Gasteiger partial charge is 0.417 e. The van der Waals surface area contributed by atoms with E-state index in [4.69, 9.17) is 0 Å². The number of pyridine rings is 1. The van der Waals surface area contributed by atoms with Crippen LogP contribution in [0.2, 0.25) is 0 Å². The molecule has 0 aliphatic heterocycles. The Morgan fingerprint density at radius 1 is 1.12 bits per heavy atom. The standard InChI is InChI=1S/C16H13F3N4S/c1-10-15(22-21-12-4-3-5-13(8-12)24-2)23-9-11(16(17,18)19)6-7-14(23)20-10/h3-9H,1-2H3. The van der Waals surface area contributed by atoms with Gasteiger partial charge in [0.25, 0.3) is 0 Å². The molecule has 2 heterocycles. The van der Waals surface area contributed by atoms with Gasteiger partial charge in [0.15, 0.2) is 5.82 Å². The fourth-order valence-corrected chi connectivity index (χ4v) is 2.67. The van der Waals surface area contributed by atoms with E-state index < -0.39 is 11.7 Å². The lowest BCUT2D eigenvalue weighted by Crippen LogP contribution is -2.06. The maximum atomic E-state index is 12.9. The summed E-state index contributed by atoms with van der Waals surface area (Å²) in [5.74, 6) is 0.283. The van der Waals surface area contributed by atoms with E-state index in [0.29, 0.717) is 17.0 Å². The SMILES string of the molecule is CSc1cccc(N=Nc2c(C)nc3ccc(C(F)(F)F)cn23)c1. The predicted octanol–water partition coefficient (Wildman–Crippen LogP) is 5.80. The molecule has 0 unspecified atom stereocenters. The van der Waals surface area contributed by atoms with Gasteiger partial charge in [0.2, 0.25) is 0 Å². The van der Waals surface area contributed by atoms with E-state index in [-0.39, 0.29) is 5.82 Å². The quantitative estimate of drug-likeness (QED) is 0.442. The molecule has 8 heteroatoms. The summed E-state index contributed by atoms with van der Waals surface area (Å²) in [4.78, 5) is 5.25. The number of nitrogens with zero attached hydrogens (tertiary/aromatic N) is 4. The Labute approximate surface area is 140 Å². The third-order valence-electron chi connectivity index (χ3n) is 3.40. The summed E-state index contributed by atoms with van der Waals surface area (Å²) in [5.41, 5.74) is 0.780. The van der Waals surface area contributed by atoms with Crippen molar-refractivity contribution < 1.29 is 13.2 Å². The van der Waals surface area contributed by atoms with Crippen LogP contribution in [0.4, 0.5) is 24.7 Å². The van der Waals surface area contributed by atoms with Crippen molar-refractivity contribution in [2.45, 2.75) is 18.0 Å². The van der Waals surface area contributed by atoms with Gasteiger partial charge in [0, 0.05) is 11.1 Å². The first-order valence-corrected chi connectivity index (χ1v) is 8.22. The van der Waals surface area contributed by atoms with Crippen LogP contribution >= 0.6 is 11.8 Å². The summed E-state index contributed by atoms with van der Waals surface area (Å²) >= 11 is 1.57. The molecule has 1 aromatic carbocycles. The number of thioether (sulfide) groups is 1. The zero-order valence-electron chi connectivity index (χ0n) is 12.9. The second-order valence-electron chi connectivity index (χ2n) is 5.07. The van der Waals surface area contributed by atoms with Crippen LogP contribution in [0, 0.1) is 6.92 Å². The summed E-state index contributed by atoms with van der Waals surface area (Å²) in [6, 6.07) is 9.76. The molecule has 2 aromatic heterocycles. The zero-order chi connectivity index (χ0) is 17.3. The molecule has 0 saturated heterocycles. The number of hydrogen-bond donors (Lipinski definition) is 0. The second kappa shape index (κ2) is 6.27. The van der Waals surface area contributed by atoms with Crippen LogP contribution in [0.1, 0.15) is 11.3 Å². The van der Waals surface area contributed by atoms with Gasteiger partial charge in [-0.2, -0.15) is 13.2 Å². The van der Waals surface area contributed by atoms with E-state index in [9.17, 15) is 13.2 Å². The van der Waals surface area contributed by atoms with Gasteiger partial charge in [-0.3, -0.25) is 4.40 Å². The first-order chi connectivity index (χ1) is 11.4. The molecule has 3 rings (SSSR count). The molecule has 0 amide bonds. The minimum atomic E-state index is -4.42. The maximum absolute atomic E-state index is 12.9. The number of aryl methyl sites for hydroxylation is 1.